The Kier molecular flexibility index (Phi) is 7.03. The molecule has 0 unspecified atom stereocenters. The van der Waals surface area contributed by atoms with Gasteiger partial charge in [0.1, 0.15) is 0 Å². The molecule has 1 saturated carbocycles. The van der Waals surface area contributed by atoms with Crippen LogP contribution in [0.15, 0.2) is 65.5 Å². The summed E-state index contributed by atoms with van der Waals surface area (Å²) < 4.78 is 9.01. The summed E-state index contributed by atoms with van der Waals surface area (Å²) >= 11 is 18.5. The van der Waals surface area contributed by atoms with Gasteiger partial charge in [0.2, 0.25) is 0 Å². The van der Waals surface area contributed by atoms with Gasteiger partial charge < -0.3 is 10.1 Å². The zero-order chi connectivity index (χ0) is 26.3. The second kappa shape index (κ2) is 10.2. The Hall–Kier alpha value is -3.26. The second-order valence-electron chi connectivity index (χ2n) is 8.95. The number of rotatable bonds is 7. The summed E-state index contributed by atoms with van der Waals surface area (Å²) in [7, 11) is 0. The van der Waals surface area contributed by atoms with Crippen molar-refractivity contribution in [2.45, 2.75) is 25.8 Å². The molecule has 0 spiro atoms. The number of carbonyl (C=O) groups excluding carboxylic acids is 2. The molecule has 1 amide bonds. The van der Waals surface area contributed by atoms with E-state index in [4.69, 9.17) is 39.5 Å². The van der Waals surface area contributed by atoms with Crippen molar-refractivity contribution in [3.8, 4) is 11.4 Å². The number of hydrogen-bond acceptors (Lipinski definition) is 4. The highest BCUT2D eigenvalue weighted by Crippen LogP contribution is 2.38. The minimum absolute atomic E-state index is 0.00205. The molecule has 1 aliphatic rings. The molecule has 37 heavy (non-hydrogen) atoms. The van der Waals surface area contributed by atoms with Gasteiger partial charge in [-0.2, -0.15) is 0 Å². The molecule has 1 fully saturated rings. The number of fused-ring (bicyclic) bond motifs is 1. The molecule has 5 rings (SSSR count). The highest BCUT2D eigenvalue weighted by atomic mass is 35.5. The van der Waals surface area contributed by atoms with E-state index in [9.17, 15) is 14.4 Å². The van der Waals surface area contributed by atoms with Crippen LogP contribution in [0.1, 0.15) is 36.2 Å². The Labute approximate surface area is 227 Å². The Balaban J connectivity index is 1.39. The molecule has 0 aliphatic heterocycles. The highest BCUT2D eigenvalue weighted by molar-refractivity contribution is 6.39. The molecule has 0 radical (unpaired) electrons. The van der Waals surface area contributed by atoms with Crippen molar-refractivity contribution in [2.75, 3.05) is 6.54 Å². The molecule has 4 aromatic rings. The molecule has 0 bridgehead atoms. The number of imidazole rings is 1. The van der Waals surface area contributed by atoms with Crippen molar-refractivity contribution >= 4 is 57.7 Å². The molecule has 190 valence electrons. The van der Waals surface area contributed by atoms with Gasteiger partial charge in [-0.3, -0.25) is 18.7 Å². The van der Waals surface area contributed by atoms with Gasteiger partial charge in [-0.15, -0.1) is 0 Å². The van der Waals surface area contributed by atoms with Gasteiger partial charge >= 0.3 is 11.7 Å². The second-order valence-corrected chi connectivity index (χ2v) is 10.2. The Morgan fingerprint density at radius 2 is 1.70 bits per heavy atom. The minimum atomic E-state index is -0.697. The lowest BCUT2D eigenvalue weighted by molar-refractivity contribution is -0.138. The van der Waals surface area contributed by atoms with Gasteiger partial charge in [0.25, 0.3) is 5.91 Å². The molecular formula is C27H22Cl3N3O4. The third-order valence-corrected chi connectivity index (χ3v) is 7.09. The number of benzene rings is 3. The Bertz CT molecular complexity index is 1570. The zero-order valence-corrected chi connectivity index (χ0v) is 22.0. The first-order valence-corrected chi connectivity index (χ1v) is 12.9. The number of ether oxygens (including phenoxy) is 1. The van der Waals surface area contributed by atoms with Crippen LogP contribution >= 0.6 is 34.8 Å². The summed E-state index contributed by atoms with van der Waals surface area (Å²) in [5.74, 6) is -1.55. The fraction of sp³-hybridized carbons (Fsp3) is 0.222. The van der Waals surface area contributed by atoms with E-state index in [1.807, 2.05) is 6.07 Å². The quantitative estimate of drug-likeness (QED) is 0.221. The maximum absolute atomic E-state index is 13.5. The first-order chi connectivity index (χ1) is 17.8. The summed E-state index contributed by atoms with van der Waals surface area (Å²) in [6.07, 6.45) is 1.86. The van der Waals surface area contributed by atoms with Crippen LogP contribution in [0, 0.1) is 5.92 Å². The topological polar surface area (TPSA) is 82.3 Å². The third-order valence-electron chi connectivity index (χ3n) is 6.23. The van der Waals surface area contributed by atoms with Crippen molar-refractivity contribution in [1.29, 1.82) is 0 Å². The van der Waals surface area contributed by atoms with Crippen molar-refractivity contribution in [3.63, 3.8) is 0 Å². The van der Waals surface area contributed by atoms with Crippen molar-refractivity contribution in [2.24, 2.45) is 5.92 Å². The fourth-order valence-corrected chi connectivity index (χ4v) is 4.92. The third kappa shape index (κ3) is 4.99. The molecule has 7 nitrogen and oxygen atoms in total. The van der Waals surface area contributed by atoms with Gasteiger partial charge in [0, 0.05) is 17.6 Å². The van der Waals surface area contributed by atoms with Crippen LogP contribution in [0.2, 0.25) is 15.1 Å². The smallest absolute Gasteiger partial charge is 0.334 e. The van der Waals surface area contributed by atoms with Crippen LogP contribution in [-0.2, 0) is 4.79 Å². The lowest BCUT2D eigenvalue weighted by atomic mass is 10.1. The number of amides is 1. The molecule has 1 heterocycles. The van der Waals surface area contributed by atoms with E-state index < -0.39 is 17.8 Å². The van der Waals surface area contributed by atoms with Crippen LogP contribution in [0.4, 0.5) is 0 Å². The number of hydrogen-bond donors (Lipinski definition) is 1. The van der Waals surface area contributed by atoms with E-state index in [-0.39, 0.29) is 39.6 Å². The molecule has 10 heteroatoms. The molecule has 1 aromatic heterocycles. The monoisotopic (exact) mass is 557 g/mol. The summed E-state index contributed by atoms with van der Waals surface area (Å²) in [6, 6.07) is 17.0. The maximum atomic E-state index is 13.5. The standard InChI is InChI=1S/C27H22Cl3N3O4/c1-15(14-31-25(34)24-18(29)5-4-6-19(24)30)26(35)37-23-8-3-2-7-21(23)33-22-13-16(28)9-12-20(22)32(27(33)36)17-10-11-17/h2-9,12-13,15,17H,10-11,14H2,1H3,(H,31,34)/t15-/m0/s1. The molecule has 1 N–H and O–H groups in total. The van der Waals surface area contributed by atoms with E-state index in [2.05, 4.69) is 5.32 Å². The van der Waals surface area contributed by atoms with Gasteiger partial charge in [0.05, 0.1) is 38.2 Å². The lowest BCUT2D eigenvalue weighted by Crippen LogP contribution is -2.33. The number of halogens is 3. The summed E-state index contributed by atoms with van der Waals surface area (Å²) in [4.78, 5) is 39.0. The first-order valence-electron chi connectivity index (χ1n) is 11.7. The number of aromatic nitrogens is 2. The SMILES string of the molecule is C[C@@H](CNC(=O)c1c(Cl)cccc1Cl)C(=O)Oc1ccccc1-n1c(=O)n(C2CC2)c2ccc(Cl)cc21. The Morgan fingerprint density at radius 1 is 1.00 bits per heavy atom. The number of carbonyl (C=O) groups is 2. The van der Waals surface area contributed by atoms with E-state index in [0.717, 1.165) is 18.4 Å². The highest BCUT2D eigenvalue weighted by Gasteiger charge is 2.30. The van der Waals surface area contributed by atoms with Crippen LogP contribution < -0.4 is 15.7 Å². The van der Waals surface area contributed by atoms with E-state index in [0.29, 0.717) is 16.2 Å². The number of para-hydroxylation sites is 2. The predicted molar refractivity (Wildman–Crippen MR) is 144 cm³/mol. The van der Waals surface area contributed by atoms with E-state index >= 15 is 0 Å². The van der Waals surface area contributed by atoms with Crippen LogP contribution in [0.3, 0.4) is 0 Å². The predicted octanol–water partition coefficient (Wildman–Crippen LogP) is 6.06. The molecule has 1 aliphatic carbocycles. The molecule has 3 aromatic carbocycles. The van der Waals surface area contributed by atoms with Gasteiger partial charge in [-0.25, -0.2) is 4.79 Å². The normalized spacial score (nSPS) is 13.9. The summed E-state index contributed by atoms with van der Waals surface area (Å²) in [6.45, 7) is 1.63. The van der Waals surface area contributed by atoms with Crippen molar-refractivity contribution in [1.82, 2.24) is 14.5 Å². The number of esters is 1. The summed E-state index contributed by atoms with van der Waals surface area (Å²) in [5.41, 5.74) is 1.74. The maximum Gasteiger partial charge on any atom is 0.334 e. The van der Waals surface area contributed by atoms with Crippen LogP contribution in [-0.4, -0.2) is 27.6 Å². The summed E-state index contributed by atoms with van der Waals surface area (Å²) in [5, 5.41) is 3.59. The largest absolute Gasteiger partial charge is 0.424 e. The first kappa shape index (κ1) is 25.4. The van der Waals surface area contributed by atoms with Crippen molar-refractivity contribution in [3.05, 3.63) is 91.8 Å². The number of nitrogens with zero attached hydrogens (tertiary/aromatic N) is 2. The van der Waals surface area contributed by atoms with Gasteiger partial charge in [0.15, 0.2) is 5.75 Å². The average Bonchev–Trinajstić information content (AvgIpc) is 3.66. The van der Waals surface area contributed by atoms with E-state index in [1.54, 1.807) is 66.1 Å². The van der Waals surface area contributed by atoms with Gasteiger partial charge in [-0.1, -0.05) is 59.9 Å². The average molecular weight is 559 g/mol. The lowest BCUT2D eigenvalue weighted by Gasteiger charge is -2.15. The fourth-order valence-electron chi connectivity index (χ4n) is 4.18. The Morgan fingerprint density at radius 3 is 2.41 bits per heavy atom. The van der Waals surface area contributed by atoms with Crippen LogP contribution in [0.25, 0.3) is 16.7 Å². The zero-order valence-electron chi connectivity index (χ0n) is 19.7. The minimum Gasteiger partial charge on any atom is -0.424 e. The molecular weight excluding hydrogens is 537 g/mol. The molecule has 1 atom stereocenters. The number of nitrogens with one attached hydrogen (secondary N) is 1. The van der Waals surface area contributed by atoms with Crippen LogP contribution in [0.5, 0.6) is 5.75 Å². The van der Waals surface area contributed by atoms with Gasteiger partial charge in [-0.05, 0) is 55.3 Å². The van der Waals surface area contributed by atoms with E-state index in [1.165, 1.54) is 4.57 Å². The molecule has 0 saturated heterocycles. The van der Waals surface area contributed by atoms with Crippen molar-refractivity contribution < 1.29 is 14.3 Å².